The van der Waals surface area contributed by atoms with Crippen LogP contribution in [0.4, 0.5) is 0 Å². The Bertz CT molecular complexity index is 332. The predicted molar refractivity (Wildman–Crippen MR) is 71.3 cm³/mol. The van der Waals surface area contributed by atoms with Gasteiger partial charge in [0.2, 0.25) is 11.8 Å². The molecule has 0 spiro atoms. The van der Waals surface area contributed by atoms with E-state index >= 15 is 0 Å². The molecule has 19 heavy (non-hydrogen) atoms. The summed E-state index contributed by atoms with van der Waals surface area (Å²) in [5.41, 5.74) is -0.526. The lowest BCUT2D eigenvalue weighted by molar-refractivity contribution is -0.147. The van der Waals surface area contributed by atoms with Gasteiger partial charge in [-0.1, -0.05) is 20.8 Å². The lowest BCUT2D eigenvalue weighted by Gasteiger charge is -2.17. The zero-order valence-electron chi connectivity index (χ0n) is 12.3. The molecule has 6 heteroatoms. The van der Waals surface area contributed by atoms with Gasteiger partial charge in [0, 0.05) is 12.0 Å². The normalized spacial score (nSPS) is 11.1. The van der Waals surface area contributed by atoms with Crippen molar-refractivity contribution in [3.63, 3.8) is 0 Å². The highest BCUT2D eigenvalue weighted by atomic mass is 16.5. The molecule has 0 aliphatic heterocycles. The van der Waals surface area contributed by atoms with Crippen LogP contribution in [0, 0.1) is 5.41 Å². The van der Waals surface area contributed by atoms with Gasteiger partial charge in [0.25, 0.3) is 0 Å². The van der Waals surface area contributed by atoms with Crippen LogP contribution < -0.4 is 10.6 Å². The molecule has 2 amide bonds. The summed E-state index contributed by atoms with van der Waals surface area (Å²) in [6.07, 6.45) is -0.0359. The van der Waals surface area contributed by atoms with Crippen LogP contribution in [0.15, 0.2) is 0 Å². The zero-order chi connectivity index (χ0) is 15.1. The number of esters is 1. The van der Waals surface area contributed by atoms with Crippen LogP contribution in [-0.2, 0) is 19.1 Å². The lowest BCUT2D eigenvalue weighted by Crippen LogP contribution is -2.42. The van der Waals surface area contributed by atoms with Gasteiger partial charge in [-0.05, 0) is 13.8 Å². The van der Waals surface area contributed by atoms with Gasteiger partial charge < -0.3 is 15.4 Å². The predicted octanol–water partition coefficient (Wildman–Crippen LogP) is 0.607. The van der Waals surface area contributed by atoms with Crippen molar-refractivity contribution in [1.29, 1.82) is 0 Å². The number of carbonyl (C=O) groups is 3. The third-order valence-corrected chi connectivity index (χ3v) is 2.11. The number of amides is 2. The third-order valence-electron chi connectivity index (χ3n) is 2.11. The van der Waals surface area contributed by atoms with E-state index in [0.717, 1.165) is 0 Å². The van der Waals surface area contributed by atoms with Crippen LogP contribution in [0.25, 0.3) is 0 Å². The van der Waals surface area contributed by atoms with Gasteiger partial charge >= 0.3 is 5.97 Å². The van der Waals surface area contributed by atoms with Gasteiger partial charge in [0.1, 0.15) is 0 Å². The molecule has 2 N–H and O–H groups in total. The highest BCUT2D eigenvalue weighted by Gasteiger charge is 2.21. The average Bonchev–Trinajstić information content (AvgIpc) is 2.23. The van der Waals surface area contributed by atoms with E-state index in [1.54, 1.807) is 34.6 Å². The molecule has 0 radical (unpaired) electrons. The van der Waals surface area contributed by atoms with Crippen molar-refractivity contribution < 1.29 is 19.1 Å². The summed E-state index contributed by atoms with van der Waals surface area (Å²) < 4.78 is 4.91. The maximum Gasteiger partial charge on any atom is 0.307 e. The van der Waals surface area contributed by atoms with Crippen LogP contribution in [-0.4, -0.2) is 37.0 Å². The Hall–Kier alpha value is -1.59. The first kappa shape index (κ1) is 17.4. The maximum atomic E-state index is 11.5. The van der Waals surface area contributed by atoms with E-state index in [4.69, 9.17) is 4.74 Å². The van der Waals surface area contributed by atoms with Crippen molar-refractivity contribution in [1.82, 2.24) is 10.6 Å². The Kier molecular flexibility index (Phi) is 7.11. The Morgan fingerprint density at radius 1 is 1.11 bits per heavy atom. The number of hydrogen-bond donors (Lipinski definition) is 2. The van der Waals surface area contributed by atoms with E-state index in [9.17, 15) is 14.4 Å². The molecule has 0 heterocycles. The summed E-state index contributed by atoms with van der Waals surface area (Å²) >= 11 is 0. The Labute approximate surface area is 114 Å². The zero-order valence-corrected chi connectivity index (χ0v) is 12.3. The van der Waals surface area contributed by atoms with Crippen LogP contribution in [0.1, 0.15) is 41.0 Å². The second-order valence-corrected chi connectivity index (χ2v) is 5.57. The second-order valence-electron chi connectivity index (χ2n) is 5.57. The van der Waals surface area contributed by atoms with Crippen molar-refractivity contribution in [2.75, 3.05) is 13.1 Å². The molecule has 6 nitrogen and oxygen atoms in total. The Morgan fingerprint density at radius 3 is 2.16 bits per heavy atom. The largest absolute Gasteiger partial charge is 0.463 e. The average molecular weight is 272 g/mol. The molecule has 0 saturated heterocycles. The minimum atomic E-state index is -0.526. The van der Waals surface area contributed by atoms with E-state index in [1.165, 1.54) is 0 Å². The first-order valence-electron chi connectivity index (χ1n) is 6.37. The highest BCUT2D eigenvalue weighted by Crippen LogP contribution is 2.11. The second kappa shape index (κ2) is 7.76. The molecule has 0 unspecified atom stereocenters. The number of hydrogen-bond acceptors (Lipinski definition) is 4. The summed E-state index contributed by atoms with van der Waals surface area (Å²) in [5, 5.41) is 5.06. The summed E-state index contributed by atoms with van der Waals surface area (Å²) in [6.45, 7) is 8.94. The number of nitrogens with one attached hydrogen (secondary N) is 2. The van der Waals surface area contributed by atoms with Gasteiger partial charge in [0.15, 0.2) is 0 Å². The molecule has 0 aromatic heterocycles. The van der Waals surface area contributed by atoms with Crippen molar-refractivity contribution in [2.45, 2.75) is 47.1 Å². The number of rotatable bonds is 6. The molecule has 0 atom stereocenters. The molecule has 0 saturated carbocycles. The van der Waals surface area contributed by atoms with Gasteiger partial charge in [0.05, 0.1) is 19.1 Å². The van der Waals surface area contributed by atoms with Crippen LogP contribution >= 0.6 is 0 Å². The Balaban J connectivity index is 3.77. The molecule has 0 aliphatic rings. The number of ether oxygens (including phenoxy) is 1. The third kappa shape index (κ3) is 9.04. The first-order valence-corrected chi connectivity index (χ1v) is 6.37. The molecule has 0 aromatic carbocycles. The monoisotopic (exact) mass is 272 g/mol. The maximum absolute atomic E-state index is 11.5. The van der Waals surface area contributed by atoms with Crippen LogP contribution in [0.5, 0.6) is 0 Å². The standard InChI is InChI=1S/C13H24N2O4/c1-9(2)19-11(17)6-7-14-10(16)8-15-12(18)13(3,4)5/h9H,6-8H2,1-5H3,(H,14,16)(H,15,18). The van der Waals surface area contributed by atoms with Crippen molar-refractivity contribution in [3.8, 4) is 0 Å². The summed E-state index contributed by atoms with van der Waals surface area (Å²) in [6, 6.07) is 0. The molecule has 0 aromatic rings. The van der Waals surface area contributed by atoms with E-state index in [2.05, 4.69) is 10.6 Å². The molecule has 0 bridgehead atoms. The highest BCUT2D eigenvalue weighted by molar-refractivity contribution is 5.87. The van der Waals surface area contributed by atoms with Crippen molar-refractivity contribution >= 4 is 17.8 Å². The smallest absolute Gasteiger partial charge is 0.307 e. The quantitative estimate of drug-likeness (QED) is 0.694. The first-order chi connectivity index (χ1) is 8.62. The van der Waals surface area contributed by atoms with Gasteiger partial charge in [-0.2, -0.15) is 0 Å². The van der Waals surface area contributed by atoms with E-state index in [-0.39, 0.29) is 43.4 Å². The minimum absolute atomic E-state index is 0.0880. The summed E-state index contributed by atoms with van der Waals surface area (Å²) in [5.74, 6) is -0.870. The SMILES string of the molecule is CC(C)OC(=O)CCNC(=O)CNC(=O)C(C)(C)C. The summed E-state index contributed by atoms with van der Waals surface area (Å²) in [7, 11) is 0. The van der Waals surface area contributed by atoms with Gasteiger partial charge in [-0.15, -0.1) is 0 Å². The fourth-order valence-electron chi connectivity index (χ4n) is 1.11. The van der Waals surface area contributed by atoms with E-state index in [0.29, 0.717) is 0 Å². The van der Waals surface area contributed by atoms with E-state index < -0.39 is 5.41 Å². The van der Waals surface area contributed by atoms with Gasteiger partial charge in [-0.25, -0.2) is 0 Å². The van der Waals surface area contributed by atoms with E-state index in [1.807, 2.05) is 0 Å². The van der Waals surface area contributed by atoms with Crippen molar-refractivity contribution in [2.24, 2.45) is 5.41 Å². The fraction of sp³-hybridized carbons (Fsp3) is 0.769. The molecule has 110 valence electrons. The van der Waals surface area contributed by atoms with Crippen LogP contribution in [0.3, 0.4) is 0 Å². The molecular weight excluding hydrogens is 248 g/mol. The minimum Gasteiger partial charge on any atom is -0.463 e. The van der Waals surface area contributed by atoms with Gasteiger partial charge in [-0.3, -0.25) is 14.4 Å². The van der Waals surface area contributed by atoms with Crippen molar-refractivity contribution in [3.05, 3.63) is 0 Å². The van der Waals surface area contributed by atoms with Crippen LogP contribution in [0.2, 0.25) is 0 Å². The topological polar surface area (TPSA) is 84.5 Å². The Morgan fingerprint density at radius 2 is 1.68 bits per heavy atom. The molecular formula is C13H24N2O4. The number of carbonyl (C=O) groups excluding carboxylic acids is 3. The molecule has 0 aliphatic carbocycles. The lowest BCUT2D eigenvalue weighted by atomic mass is 9.96. The summed E-state index contributed by atoms with van der Waals surface area (Å²) in [4.78, 5) is 34.1. The fourth-order valence-corrected chi connectivity index (χ4v) is 1.11. The molecule has 0 rings (SSSR count). The molecule has 0 fully saturated rings.